The quantitative estimate of drug-likeness (QED) is 0.803. The normalized spacial score (nSPS) is 15.6. The van der Waals surface area contributed by atoms with E-state index in [4.69, 9.17) is 0 Å². The largest absolute Gasteiger partial charge is 0.390 e. The molecule has 0 aliphatic carbocycles. The second-order valence-corrected chi connectivity index (χ2v) is 7.35. The third-order valence-electron chi connectivity index (χ3n) is 3.09. The molecule has 1 heterocycles. The lowest BCUT2D eigenvalue weighted by molar-refractivity contribution is 0.0467. The van der Waals surface area contributed by atoms with Crippen molar-refractivity contribution in [3.63, 3.8) is 0 Å². The van der Waals surface area contributed by atoms with E-state index in [-0.39, 0.29) is 5.54 Å². The van der Waals surface area contributed by atoms with Gasteiger partial charge in [0.05, 0.1) is 5.60 Å². The van der Waals surface area contributed by atoms with Crippen LogP contribution in [0.2, 0.25) is 0 Å². The van der Waals surface area contributed by atoms with Crippen LogP contribution in [0.3, 0.4) is 0 Å². The van der Waals surface area contributed by atoms with Crippen molar-refractivity contribution in [1.82, 2.24) is 20.1 Å². The van der Waals surface area contributed by atoms with Crippen molar-refractivity contribution in [2.75, 3.05) is 6.54 Å². The van der Waals surface area contributed by atoms with Gasteiger partial charge in [-0.15, -0.1) is 0 Å². The predicted molar refractivity (Wildman–Crippen MR) is 81.6 cm³/mol. The monoisotopic (exact) mass is 282 g/mol. The highest BCUT2D eigenvalue weighted by Crippen LogP contribution is 2.16. The molecule has 0 bridgehead atoms. The van der Waals surface area contributed by atoms with Gasteiger partial charge in [-0.25, -0.2) is 9.67 Å². The van der Waals surface area contributed by atoms with Gasteiger partial charge in [-0.05, 0) is 46.6 Å². The Morgan fingerprint density at radius 1 is 1.30 bits per heavy atom. The maximum Gasteiger partial charge on any atom is 0.138 e. The van der Waals surface area contributed by atoms with Crippen LogP contribution in [0.5, 0.6) is 0 Å². The molecule has 1 unspecified atom stereocenters. The highest BCUT2D eigenvalue weighted by atomic mass is 16.3. The minimum Gasteiger partial charge on any atom is -0.390 e. The number of nitrogens with one attached hydrogen (secondary N) is 1. The number of nitrogens with zero attached hydrogens (tertiary/aromatic N) is 3. The molecule has 0 aliphatic heterocycles. The summed E-state index contributed by atoms with van der Waals surface area (Å²) in [6, 6.07) is 0. The summed E-state index contributed by atoms with van der Waals surface area (Å²) < 4.78 is 1.90. The van der Waals surface area contributed by atoms with Gasteiger partial charge < -0.3 is 10.4 Å². The van der Waals surface area contributed by atoms with Gasteiger partial charge in [-0.1, -0.05) is 13.8 Å². The maximum atomic E-state index is 10.5. The molecule has 5 heteroatoms. The Morgan fingerprint density at radius 3 is 2.50 bits per heavy atom. The van der Waals surface area contributed by atoms with Gasteiger partial charge in [-0.2, -0.15) is 5.10 Å². The number of hydrogen-bond acceptors (Lipinski definition) is 4. The lowest BCUT2D eigenvalue weighted by atomic mass is 9.96. The van der Waals surface area contributed by atoms with Gasteiger partial charge >= 0.3 is 0 Å². The highest BCUT2D eigenvalue weighted by Gasteiger charge is 2.24. The lowest BCUT2D eigenvalue weighted by Crippen LogP contribution is -2.40. The van der Waals surface area contributed by atoms with Crippen molar-refractivity contribution in [2.24, 2.45) is 5.92 Å². The first-order valence-electron chi connectivity index (χ1n) is 7.43. The molecule has 1 rings (SSSR count). The van der Waals surface area contributed by atoms with Gasteiger partial charge in [0.25, 0.3) is 0 Å². The third kappa shape index (κ3) is 6.48. The second kappa shape index (κ2) is 6.68. The minimum absolute atomic E-state index is 0.0771. The standard InChI is InChI=1S/C15H30N4O/c1-12(2)10-19-13(16-11-18-19)9-15(6,20)7-8-17-14(3,4)5/h11-12,17,20H,7-10H2,1-6H3. The molecule has 0 spiro atoms. The lowest BCUT2D eigenvalue weighted by Gasteiger charge is -2.27. The van der Waals surface area contributed by atoms with Crippen molar-refractivity contribution < 1.29 is 5.11 Å². The van der Waals surface area contributed by atoms with Crippen LogP contribution in [0.1, 0.15) is 53.8 Å². The molecule has 5 nitrogen and oxygen atoms in total. The molecule has 0 fully saturated rings. The Kier molecular flexibility index (Phi) is 5.71. The van der Waals surface area contributed by atoms with Crippen LogP contribution in [-0.2, 0) is 13.0 Å². The topological polar surface area (TPSA) is 63.0 Å². The van der Waals surface area contributed by atoms with E-state index in [0.717, 1.165) is 18.9 Å². The zero-order valence-corrected chi connectivity index (χ0v) is 13.8. The van der Waals surface area contributed by atoms with Crippen molar-refractivity contribution >= 4 is 0 Å². The number of hydrogen-bond donors (Lipinski definition) is 2. The smallest absolute Gasteiger partial charge is 0.138 e. The molecule has 1 aromatic heterocycles. The molecule has 0 aliphatic rings. The summed E-state index contributed by atoms with van der Waals surface area (Å²) in [5, 5.41) is 18.2. The summed E-state index contributed by atoms with van der Waals surface area (Å²) in [4.78, 5) is 4.28. The number of aliphatic hydroxyl groups is 1. The fraction of sp³-hybridized carbons (Fsp3) is 0.867. The average molecular weight is 282 g/mol. The molecule has 1 aromatic rings. The van der Waals surface area contributed by atoms with Gasteiger partial charge in [-0.3, -0.25) is 0 Å². The van der Waals surface area contributed by atoms with E-state index in [0.29, 0.717) is 18.8 Å². The van der Waals surface area contributed by atoms with Crippen LogP contribution >= 0.6 is 0 Å². The van der Waals surface area contributed by atoms with E-state index in [1.807, 2.05) is 11.6 Å². The van der Waals surface area contributed by atoms with E-state index in [1.165, 1.54) is 0 Å². The predicted octanol–water partition coefficient (Wildman–Crippen LogP) is 2.01. The van der Waals surface area contributed by atoms with Crippen molar-refractivity contribution in [3.8, 4) is 0 Å². The summed E-state index contributed by atoms with van der Waals surface area (Å²) in [5.41, 5.74) is -0.687. The highest BCUT2D eigenvalue weighted by molar-refractivity contribution is 4.93. The van der Waals surface area contributed by atoms with Crippen molar-refractivity contribution in [3.05, 3.63) is 12.2 Å². The number of aromatic nitrogens is 3. The first-order valence-corrected chi connectivity index (χ1v) is 7.43. The molecule has 0 saturated carbocycles. The Bertz CT molecular complexity index is 404. The van der Waals surface area contributed by atoms with Crippen LogP contribution in [0, 0.1) is 5.92 Å². The third-order valence-corrected chi connectivity index (χ3v) is 3.09. The Labute approximate surface area is 122 Å². The van der Waals surface area contributed by atoms with Gasteiger partial charge in [0.1, 0.15) is 12.2 Å². The van der Waals surface area contributed by atoms with Crippen LogP contribution < -0.4 is 5.32 Å². The molecule has 0 radical (unpaired) electrons. The van der Waals surface area contributed by atoms with E-state index in [1.54, 1.807) is 6.33 Å². The molecule has 1 atom stereocenters. The molecule has 0 aromatic carbocycles. The average Bonchev–Trinajstić information content (AvgIpc) is 2.61. The van der Waals surface area contributed by atoms with Crippen molar-refractivity contribution in [1.29, 1.82) is 0 Å². The Hall–Kier alpha value is -0.940. The molecule has 20 heavy (non-hydrogen) atoms. The molecule has 2 N–H and O–H groups in total. The summed E-state index contributed by atoms with van der Waals surface area (Å²) in [6.07, 6.45) is 2.80. The Morgan fingerprint density at radius 2 is 1.95 bits per heavy atom. The first-order chi connectivity index (χ1) is 9.09. The summed E-state index contributed by atoms with van der Waals surface area (Å²) >= 11 is 0. The molecule has 0 saturated heterocycles. The van der Waals surface area contributed by atoms with Crippen LogP contribution in [0.4, 0.5) is 0 Å². The Balaban J connectivity index is 2.55. The molecular weight excluding hydrogens is 252 g/mol. The van der Waals surface area contributed by atoms with Crippen LogP contribution in [-0.4, -0.2) is 37.6 Å². The molecular formula is C15H30N4O. The van der Waals surface area contributed by atoms with Gasteiger partial charge in [0, 0.05) is 18.5 Å². The zero-order valence-electron chi connectivity index (χ0n) is 13.8. The van der Waals surface area contributed by atoms with E-state index < -0.39 is 5.60 Å². The fourth-order valence-corrected chi connectivity index (χ4v) is 2.06. The maximum absolute atomic E-state index is 10.5. The summed E-state index contributed by atoms with van der Waals surface area (Å²) in [7, 11) is 0. The number of rotatable bonds is 7. The van der Waals surface area contributed by atoms with Gasteiger partial charge in [0.15, 0.2) is 0 Å². The van der Waals surface area contributed by atoms with E-state index in [9.17, 15) is 5.11 Å². The fourth-order valence-electron chi connectivity index (χ4n) is 2.06. The second-order valence-electron chi connectivity index (χ2n) is 7.35. The molecule has 0 amide bonds. The minimum atomic E-state index is -0.764. The SMILES string of the molecule is CC(C)Cn1ncnc1CC(C)(O)CCNC(C)(C)C. The summed E-state index contributed by atoms with van der Waals surface area (Å²) in [5.74, 6) is 1.38. The van der Waals surface area contributed by atoms with E-state index in [2.05, 4.69) is 50.0 Å². The van der Waals surface area contributed by atoms with E-state index >= 15 is 0 Å². The zero-order chi connectivity index (χ0) is 15.4. The van der Waals surface area contributed by atoms with Crippen LogP contribution in [0.25, 0.3) is 0 Å². The van der Waals surface area contributed by atoms with Crippen LogP contribution in [0.15, 0.2) is 6.33 Å². The van der Waals surface area contributed by atoms with Crippen molar-refractivity contribution in [2.45, 2.75) is 72.1 Å². The summed E-state index contributed by atoms with van der Waals surface area (Å²) in [6.45, 7) is 14.2. The molecule has 116 valence electrons. The van der Waals surface area contributed by atoms with Gasteiger partial charge in [0.2, 0.25) is 0 Å². The first kappa shape index (κ1) is 17.1.